The highest BCUT2D eigenvalue weighted by Gasteiger charge is 2.01. The Balaban J connectivity index is 2.08. The molecule has 0 fully saturated rings. The minimum Gasteiger partial charge on any atom is -0.396 e. The normalized spacial score (nSPS) is 12.9. The summed E-state index contributed by atoms with van der Waals surface area (Å²) >= 11 is 0. The fraction of sp³-hybridized carbons (Fsp3) is 0.400. The van der Waals surface area contributed by atoms with Crippen molar-refractivity contribution in [2.45, 2.75) is 6.92 Å². The van der Waals surface area contributed by atoms with E-state index in [1.807, 2.05) is 25.3 Å². The zero-order valence-corrected chi connectivity index (χ0v) is 8.59. The number of aromatic nitrogens is 3. The molecule has 2 heterocycles. The van der Waals surface area contributed by atoms with Gasteiger partial charge in [-0.1, -0.05) is 6.92 Å². The van der Waals surface area contributed by atoms with E-state index in [-0.39, 0.29) is 12.5 Å². The third-order valence-electron chi connectivity index (χ3n) is 2.20. The topological polar surface area (TPSA) is 62.5 Å². The van der Waals surface area contributed by atoms with Crippen molar-refractivity contribution < 1.29 is 5.11 Å². The summed E-state index contributed by atoms with van der Waals surface area (Å²) in [6.07, 6.45) is 3.57. The van der Waals surface area contributed by atoms with E-state index < -0.39 is 0 Å². The Hall–Kier alpha value is -1.62. The number of rotatable bonds is 4. The second kappa shape index (κ2) is 4.27. The van der Waals surface area contributed by atoms with Crippen LogP contribution in [0.3, 0.4) is 0 Å². The molecule has 5 heteroatoms. The molecule has 1 unspecified atom stereocenters. The van der Waals surface area contributed by atoms with Crippen molar-refractivity contribution in [2.75, 3.05) is 18.5 Å². The van der Waals surface area contributed by atoms with E-state index in [4.69, 9.17) is 5.11 Å². The van der Waals surface area contributed by atoms with Crippen LogP contribution >= 0.6 is 0 Å². The fourth-order valence-electron chi connectivity index (χ4n) is 1.25. The highest BCUT2D eigenvalue weighted by atomic mass is 16.3. The Morgan fingerprint density at radius 1 is 1.53 bits per heavy atom. The van der Waals surface area contributed by atoms with Crippen LogP contribution in [0, 0.1) is 5.92 Å². The second-order valence-corrected chi connectivity index (χ2v) is 3.62. The van der Waals surface area contributed by atoms with Gasteiger partial charge in [0.05, 0.1) is 6.20 Å². The predicted molar refractivity (Wildman–Crippen MR) is 57.7 cm³/mol. The van der Waals surface area contributed by atoms with Gasteiger partial charge in [-0.15, -0.1) is 0 Å². The first-order valence-electron chi connectivity index (χ1n) is 4.94. The maximum absolute atomic E-state index is 8.88. The summed E-state index contributed by atoms with van der Waals surface area (Å²) in [5.74, 6) is 1.04. The lowest BCUT2D eigenvalue weighted by Gasteiger charge is -2.09. The Kier molecular flexibility index (Phi) is 2.82. The fourth-order valence-corrected chi connectivity index (χ4v) is 1.25. The van der Waals surface area contributed by atoms with Crippen LogP contribution in [0.15, 0.2) is 24.5 Å². The van der Waals surface area contributed by atoms with Crippen molar-refractivity contribution >= 4 is 11.5 Å². The Bertz CT molecular complexity index is 440. The Morgan fingerprint density at radius 2 is 2.40 bits per heavy atom. The molecular weight excluding hydrogens is 192 g/mol. The van der Waals surface area contributed by atoms with Crippen LogP contribution in [-0.2, 0) is 0 Å². The number of nitrogens with zero attached hydrogens (tertiary/aromatic N) is 3. The van der Waals surface area contributed by atoms with Crippen molar-refractivity contribution in [3.63, 3.8) is 0 Å². The summed E-state index contributed by atoms with van der Waals surface area (Å²) in [5.41, 5.74) is 0.816. The van der Waals surface area contributed by atoms with Crippen LogP contribution in [0.5, 0.6) is 0 Å². The number of fused-ring (bicyclic) bond motifs is 1. The molecule has 0 spiro atoms. The molecule has 2 rings (SSSR count). The molecule has 2 aromatic rings. The van der Waals surface area contributed by atoms with E-state index in [2.05, 4.69) is 15.4 Å². The van der Waals surface area contributed by atoms with Crippen molar-refractivity contribution in [1.29, 1.82) is 0 Å². The summed E-state index contributed by atoms with van der Waals surface area (Å²) in [5, 5.41) is 16.1. The van der Waals surface area contributed by atoms with Crippen LogP contribution in [0.1, 0.15) is 6.92 Å². The first kappa shape index (κ1) is 9.92. The number of aliphatic hydroxyl groups is 1. The molecule has 0 bridgehead atoms. The van der Waals surface area contributed by atoms with Crippen LogP contribution < -0.4 is 5.32 Å². The molecule has 2 N–H and O–H groups in total. The number of anilines is 1. The van der Waals surface area contributed by atoms with Gasteiger partial charge in [0.15, 0.2) is 5.65 Å². The average Bonchev–Trinajstić information content (AvgIpc) is 2.72. The van der Waals surface area contributed by atoms with Gasteiger partial charge >= 0.3 is 0 Å². The van der Waals surface area contributed by atoms with E-state index in [0.29, 0.717) is 6.54 Å². The molecule has 0 aliphatic rings. The summed E-state index contributed by atoms with van der Waals surface area (Å²) in [6.45, 7) is 2.88. The lowest BCUT2D eigenvalue weighted by atomic mass is 10.2. The first-order chi connectivity index (χ1) is 7.29. The lowest BCUT2D eigenvalue weighted by molar-refractivity contribution is 0.244. The smallest absolute Gasteiger partial charge is 0.157 e. The Morgan fingerprint density at radius 3 is 3.20 bits per heavy atom. The van der Waals surface area contributed by atoms with Gasteiger partial charge in [0.1, 0.15) is 5.82 Å². The molecule has 0 aliphatic carbocycles. The van der Waals surface area contributed by atoms with E-state index >= 15 is 0 Å². The summed E-state index contributed by atoms with van der Waals surface area (Å²) in [6, 6.07) is 3.71. The molecule has 0 saturated heterocycles. The van der Waals surface area contributed by atoms with E-state index in [9.17, 15) is 0 Å². The largest absolute Gasteiger partial charge is 0.396 e. The maximum atomic E-state index is 8.88. The molecule has 15 heavy (non-hydrogen) atoms. The number of nitrogens with one attached hydrogen (secondary N) is 1. The van der Waals surface area contributed by atoms with Gasteiger partial charge in [0.25, 0.3) is 0 Å². The van der Waals surface area contributed by atoms with Crippen LogP contribution in [-0.4, -0.2) is 32.9 Å². The SMILES string of the molecule is CC(CO)CNc1ccn2nccc2n1. The van der Waals surface area contributed by atoms with Gasteiger partial charge in [-0.25, -0.2) is 9.50 Å². The maximum Gasteiger partial charge on any atom is 0.157 e. The molecule has 0 aromatic carbocycles. The Labute approximate surface area is 87.8 Å². The molecule has 2 aromatic heterocycles. The second-order valence-electron chi connectivity index (χ2n) is 3.62. The van der Waals surface area contributed by atoms with Crippen LogP contribution in [0.25, 0.3) is 5.65 Å². The molecule has 0 radical (unpaired) electrons. The van der Waals surface area contributed by atoms with Gasteiger partial charge in [-0.05, 0) is 12.0 Å². The zero-order valence-electron chi connectivity index (χ0n) is 8.59. The molecule has 0 amide bonds. The molecule has 0 saturated carbocycles. The van der Waals surface area contributed by atoms with Gasteiger partial charge in [0, 0.05) is 25.4 Å². The van der Waals surface area contributed by atoms with Crippen molar-refractivity contribution in [3.8, 4) is 0 Å². The summed E-state index contributed by atoms with van der Waals surface area (Å²) < 4.78 is 1.71. The van der Waals surface area contributed by atoms with Crippen LogP contribution in [0.2, 0.25) is 0 Å². The molecular formula is C10H14N4O. The monoisotopic (exact) mass is 206 g/mol. The highest BCUT2D eigenvalue weighted by Crippen LogP contribution is 2.06. The third-order valence-corrected chi connectivity index (χ3v) is 2.20. The standard InChI is InChI=1S/C10H14N4O/c1-8(7-15)6-11-9-3-5-14-10(13-9)2-4-12-14/h2-5,8,15H,6-7H2,1H3,(H,11,13). The predicted octanol–water partition coefficient (Wildman–Crippen LogP) is 0.770. The molecule has 1 atom stereocenters. The van der Waals surface area contributed by atoms with Crippen molar-refractivity contribution in [2.24, 2.45) is 5.92 Å². The molecule has 80 valence electrons. The minimum absolute atomic E-state index is 0.182. The van der Waals surface area contributed by atoms with Crippen molar-refractivity contribution in [1.82, 2.24) is 14.6 Å². The zero-order chi connectivity index (χ0) is 10.7. The van der Waals surface area contributed by atoms with Gasteiger partial charge in [0.2, 0.25) is 0 Å². The van der Waals surface area contributed by atoms with E-state index in [0.717, 1.165) is 11.5 Å². The summed E-state index contributed by atoms with van der Waals surface area (Å²) in [7, 11) is 0. The number of hydrogen-bond acceptors (Lipinski definition) is 4. The van der Waals surface area contributed by atoms with Gasteiger partial charge in [-0.3, -0.25) is 0 Å². The van der Waals surface area contributed by atoms with E-state index in [1.165, 1.54) is 0 Å². The number of aliphatic hydroxyl groups excluding tert-OH is 1. The van der Waals surface area contributed by atoms with Crippen LogP contribution in [0.4, 0.5) is 5.82 Å². The average molecular weight is 206 g/mol. The summed E-state index contributed by atoms with van der Waals surface area (Å²) in [4.78, 5) is 4.35. The number of hydrogen-bond donors (Lipinski definition) is 2. The van der Waals surface area contributed by atoms with Gasteiger partial charge in [-0.2, -0.15) is 5.10 Å². The highest BCUT2D eigenvalue weighted by molar-refractivity contribution is 5.45. The van der Waals surface area contributed by atoms with Crippen molar-refractivity contribution in [3.05, 3.63) is 24.5 Å². The first-order valence-corrected chi connectivity index (χ1v) is 4.94. The molecule has 0 aliphatic heterocycles. The third kappa shape index (κ3) is 2.24. The van der Waals surface area contributed by atoms with Gasteiger partial charge < -0.3 is 10.4 Å². The lowest BCUT2D eigenvalue weighted by Crippen LogP contribution is -2.15. The van der Waals surface area contributed by atoms with E-state index in [1.54, 1.807) is 10.7 Å². The molecule has 5 nitrogen and oxygen atoms in total. The minimum atomic E-state index is 0.182. The quantitative estimate of drug-likeness (QED) is 0.775.